The summed E-state index contributed by atoms with van der Waals surface area (Å²) >= 11 is 0. The summed E-state index contributed by atoms with van der Waals surface area (Å²) in [7, 11) is 1.64. The highest BCUT2D eigenvalue weighted by Crippen LogP contribution is 2.13. The van der Waals surface area contributed by atoms with Crippen molar-refractivity contribution in [3.8, 4) is 5.75 Å². The first-order valence-corrected chi connectivity index (χ1v) is 7.38. The number of nitrogens with one attached hydrogen (secondary N) is 1. The highest BCUT2D eigenvalue weighted by atomic mass is 16.5. The van der Waals surface area contributed by atoms with E-state index in [-0.39, 0.29) is 5.91 Å². The minimum atomic E-state index is -0.111. The molecule has 1 amide bonds. The first kappa shape index (κ1) is 15.0. The standard InChI is InChI=1S/C18H17N3O2/c1-23-15-4-2-3-13(11-15)7-8-21-18(22)14-5-6-16-17(12-14)20-10-9-19-16/h2-6,9-12H,7-8H2,1H3,(H,21,22). The third-order valence-corrected chi connectivity index (χ3v) is 3.56. The molecule has 2 aromatic carbocycles. The molecule has 0 bridgehead atoms. The van der Waals surface area contributed by atoms with Gasteiger partial charge in [-0.1, -0.05) is 12.1 Å². The van der Waals surface area contributed by atoms with E-state index in [9.17, 15) is 4.79 Å². The number of ether oxygens (including phenoxy) is 1. The lowest BCUT2D eigenvalue weighted by Gasteiger charge is -2.07. The average Bonchev–Trinajstić information content (AvgIpc) is 2.61. The summed E-state index contributed by atoms with van der Waals surface area (Å²) in [5.41, 5.74) is 3.20. The lowest BCUT2D eigenvalue weighted by Crippen LogP contribution is -2.25. The van der Waals surface area contributed by atoms with Gasteiger partial charge in [0.15, 0.2) is 0 Å². The number of amides is 1. The Morgan fingerprint density at radius 3 is 2.74 bits per heavy atom. The number of nitrogens with zero attached hydrogens (tertiary/aromatic N) is 2. The van der Waals surface area contributed by atoms with E-state index in [1.807, 2.05) is 24.3 Å². The first-order chi connectivity index (χ1) is 11.3. The Hall–Kier alpha value is -2.95. The molecule has 3 aromatic rings. The fourth-order valence-electron chi connectivity index (χ4n) is 2.35. The van der Waals surface area contributed by atoms with Crippen molar-refractivity contribution in [2.24, 2.45) is 0 Å². The van der Waals surface area contributed by atoms with Crippen molar-refractivity contribution in [1.82, 2.24) is 15.3 Å². The quantitative estimate of drug-likeness (QED) is 0.787. The Morgan fingerprint density at radius 2 is 1.91 bits per heavy atom. The Labute approximate surface area is 134 Å². The highest BCUT2D eigenvalue weighted by Gasteiger charge is 2.07. The summed E-state index contributed by atoms with van der Waals surface area (Å²) in [5, 5.41) is 2.92. The lowest BCUT2D eigenvalue weighted by atomic mass is 10.1. The van der Waals surface area contributed by atoms with Crippen LogP contribution >= 0.6 is 0 Å². The minimum Gasteiger partial charge on any atom is -0.497 e. The Bertz CT molecular complexity index is 833. The Morgan fingerprint density at radius 1 is 1.09 bits per heavy atom. The van der Waals surface area contributed by atoms with Crippen molar-refractivity contribution in [3.05, 3.63) is 66.0 Å². The van der Waals surface area contributed by atoms with Crippen LogP contribution in [0.15, 0.2) is 54.9 Å². The normalized spacial score (nSPS) is 10.5. The van der Waals surface area contributed by atoms with Crippen LogP contribution in [0, 0.1) is 0 Å². The van der Waals surface area contributed by atoms with Crippen molar-refractivity contribution in [1.29, 1.82) is 0 Å². The topological polar surface area (TPSA) is 64.1 Å². The van der Waals surface area contributed by atoms with Gasteiger partial charge in [0, 0.05) is 24.5 Å². The van der Waals surface area contributed by atoms with Gasteiger partial charge in [-0.05, 0) is 42.3 Å². The fourth-order valence-corrected chi connectivity index (χ4v) is 2.35. The van der Waals surface area contributed by atoms with Crippen molar-refractivity contribution >= 4 is 16.9 Å². The number of carbonyl (C=O) groups is 1. The molecular weight excluding hydrogens is 290 g/mol. The molecule has 0 atom stereocenters. The second-order valence-corrected chi connectivity index (χ2v) is 5.12. The summed E-state index contributed by atoms with van der Waals surface area (Å²) < 4.78 is 5.19. The van der Waals surface area contributed by atoms with Gasteiger partial charge < -0.3 is 10.1 Å². The molecule has 1 aromatic heterocycles. The van der Waals surface area contributed by atoms with Crippen LogP contribution in [0.5, 0.6) is 5.75 Å². The third kappa shape index (κ3) is 3.63. The van der Waals surface area contributed by atoms with Gasteiger partial charge in [0.1, 0.15) is 5.75 Å². The highest BCUT2D eigenvalue weighted by molar-refractivity contribution is 5.97. The maximum absolute atomic E-state index is 12.2. The number of benzene rings is 2. The third-order valence-electron chi connectivity index (χ3n) is 3.56. The van der Waals surface area contributed by atoms with E-state index in [4.69, 9.17) is 4.74 Å². The van der Waals surface area contributed by atoms with E-state index < -0.39 is 0 Å². The van der Waals surface area contributed by atoms with Crippen LogP contribution < -0.4 is 10.1 Å². The summed E-state index contributed by atoms with van der Waals surface area (Å²) in [6.45, 7) is 0.560. The first-order valence-electron chi connectivity index (χ1n) is 7.38. The predicted octanol–water partition coefficient (Wildman–Crippen LogP) is 2.61. The van der Waals surface area contributed by atoms with Gasteiger partial charge in [-0.2, -0.15) is 0 Å². The largest absolute Gasteiger partial charge is 0.497 e. The van der Waals surface area contributed by atoms with Gasteiger partial charge in [-0.15, -0.1) is 0 Å². The summed E-state index contributed by atoms with van der Waals surface area (Å²) in [6.07, 6.45) is 4.00. The van der Waals surface area contributed by atoms with Crippen LogP contribution in [-0.4, -0.2) is 29.5 Å². The zero-order valence-electron chi connectivity index (χ0n) is 12.8. The van der Waals surface area contributed by atoms with Crippen LogP contribution in [0.1, 0.15) is 15.9 Å². The SMILES string of the molecule is COc1cccc(CCNC(=O)c2ccc3nccnc3c2)c1. The number of hydrogen-bond donors (Lipinski definition) is 1. The number of hydrogen-bond acceptors (Lipinski definition) is 4. The maximum Gasteiger partial charge on any atom is 0.251 e. The molecule has 116 valence electrons. The van der Waals surface area contributed by atoms with E-state index >= 15 is 0 Å². The molecule has 0 saturated heterocycles. The fraction of sp³-hybridized carbons (Fsp3) is 0.167. The second-order valence-electron chi connectivity index (χ2n) is 5.12. The number of fused-ring (bicyclic) bond motifs is 1. The Balaban J connectivity index is 1.61. The zero-order valence-corrected chi connectivity index (χ0v) is 12.8. The van der Waals surface area contributed by atoms with Crippen molar-refractivity contribution < 1.29 is 9.53 Å². The van der Waals surface area contributed by atoms with Crippen molar-refractivity contribution in [3.63, 3.8) is 0 Å². The predicted molar refractivity (Wildman–Crippen MR) is 88.6 cm³/mol. The number of rotatable bonds is 5. The van der Waals surface area contributed by atoms with Crippen molar-refractivity contribution in [2.45, 2.75) is 6.42 Å². The molecule has 0 radical (unpaired) electrons. The molecule has 0 aliphatic rings. The summed E-state index contributed by atoms with van der Waals surface area (Å²) in [4.78, 5) is 20.6. The molecule has 0 aliphatic heterocycles. The van der Waals surface area contributed by atoms with E-state index in [0.29, 0.717) is 17.6 Å². The second kappa shape index (κ2) is 6.87. The molecule has 1 heterocycles. The van der Waals surface area contributed by atoms with E-state index in [2.05, 4.69) is 15.3 Å². The van der Waals surface area contributed by atoms with Crippen LogP contribution in [0.25, 0.3) is 11.0 Å². The summed E-state index contributed by atoms with van der Waals surface area (Å²) in [5.74, 6) is 0.711. The zero-order chi connectivity index (χ0) is 16.1. The lowest BCUT2D eigenvalue weighted by molar-refractivity contribution is 0.0954. The van der Waals surface area contributed by atoms with Gasteiger partial charge in [0.25, 0.3) is 5.91 Å². The minimum absolute atomic E-state index is 0.111. The van der Waals surface area contributed by atoms with Gasteiger partial charge >= 0.3 is 0 Å². The van der Waals surface area contributed by atoms with E-state index in [1.54, 1.807) is 37.7 Å². The monoisotopic (exact) mass is 307 g/mol. The maximum atomic E-state index is 12.2. The van der Waals surface area contributed by atoms with Gasteiger partial charge in [-0.25, -0.2) is 0 Å². The van der Waals surface area contributed by atoms with E-state index in [0.717, 1.165) is 23.3 Å². The molecular formula is C18H17N3O2. The molecule has 0 unspecified atom stereocenters. The number of aromatic nitrogens is 2. The molecule has 0 fully saturated rings. The van der Waals surface area contributed by atoms with Crippen LogP contribution in [0.2, 0.25) is 0 Å². The molecule has 0 spiro atoms. The molecule has 3 rings (SSSR count). The van der Waals surface area contributed by atoms with Crippen LogP contribution in [0.3, 0.4) is 0 Å². The van der Waals surface area contributed by atoms with Crippen LogP contribution in [-0.2, 0) is 6.42 Å². The number of methoxy groups -OCH3 is 1. The molecule has 0 saturated carbocycles. The van der Waals surface area contributed by atoms with Gasteiger partial charge in [0.2, 0.25) is 0 Å². The Kier molecular flexibility index (Phi) is 4.47. The molecule has 23 heavy (non-hydrogen) atoms. The summed E-state index contributed by atoms with van der Waals surface area (Å²) in [6, 6.07) is 13.1. The average molecular weight is 307 g/mol. The molecule has 1 N–H and O–H groups in total. The number of carbonyl (C=O) groups excluding carboxylic acids is 1. The molecule has 0 aliphatic carbocycles. The van der Waals surface area contributed by atoms with Gasteiger partial charge in [0.05, 0.1) is 18.1 Å². The van der Waals surface area contributed by atoms with Gasteiger partial charge in [-0.3, -0.25) is 14.8 Å². The molecule has 5 heteroatoms. The molecule has 5 nitrogen and oxygen atoms in total. The van der Waals surface area contributed by atoms with Crippen LogP contribution in [0.4, 0.5) is 0 Å². The smallest absolute Gasteiger partial charge is 0.251 e. The van der Waals surface area contributed by atoms with Crippen molar-refractivity contribution in [2.75, 3.05) is 13.7 Å². The van der Waals surface area contributed by atoms with E-state index in [1.165, 1.54) is 0 Å².